The SMILES string of the molecule is O=C(Nc1ccc(=O)[nH]n1)c1noc(C2CCCN2)n1. The van der Waals surface area contributed by atoms with Crippen molar-refractivity contribution < 1.29 is 9.32 Å². The number of amides is 1. The van der Waals surface area contributed by atoms with Crippen LogP contribution in [0.25, 0.3) is 0 Å². The lowest BCUT2D eigenvalue weighted by Gasteiger charge is -2.01. The highest BCUT2D eigenvalue weighted by molar-refractivity contribution is 6.00. The van der Waals surface area contributed by atoms with E-state index in [1.54, 1.807) is 0 Å². The highest BCUT2D eigenvalue weighted by atomic mass is 16.5. The van der Waals surface area contributed by atoms with Crippen molar-refractivity contribution in [3.8, 4) is 0 Å². The smallest absolute Gasteiger partial charge is 0.298 e. The van der Waals surface area contributed by atoms with E-state index in [-0.39, 0.29) is 23.2 Å². The Kier molecular flexibility index (Phi) is 3.25. The summed E-state index contributed by atoms with van der Waals surface area (Å²) in [7, 11) is 0. The van der Waals surface area contributed by atoms with Gasteiger partial charge in [0.25, 0.3) is 17.3 Å². The summed E-state index contributed by atoms with van der Waals surface area (Å²) >= 11 is 0. The molecule has 0 spiro atoms. The Morgan fingerprint density at radius 3 is 3.05 bits per heavy atom. The first-order valence-electron chi connectivity index (χ1n) is 6.16. The largest absolute Gasteiger partial charge is 0.337 e. The molecule has 1 amide bonds. The molecule has 1 fully saturated rings. The first kappa shape index (κ1) is 12.5. The monoisotopic (exact) mass is 276 g/mol. The maximum Gasteiger partial charge on any atom is 0.298 e. The third-order valence-electron chi connectivity index (χ3n) is 2.92. The van der Waals surface area contributed by atoms with Crippen LogP contribution in [0.1, 0.15) is 35.4 Å². The Hall–Kier alpha value is -2.55. The molecular weight excluding hydrogens is 264 g/mol. The van der Waals surface area contributed by atoms with Gasteiger partial charge in [0.2, 0.25) is 5.89 Å². The van der Waals surface area contributed by atoms with E-state index in [9.17, 15) is 9.59 Å². The van der Waals surface area contributed by atoms with Crippen LogP contribution >= 0.6 is 0 Å². The Morgan fingerprint density at radius 1 is 1.45 bits per heavy atom. The van der Waals surface area contributed by atoms with E-state index < -0.39 is 5.91 Å². The molecule has 0 radical (unpaired) electrons. The first-order valence-corrected chi connectivity index (χ1v) is 6.16. The summed E-state index contributed by atoms with van der Waals surface area (Å²) in [6.45, 7) is 0.899. The quantitative estimate of drug-likeness (QED) is 0.710. The fourth-order valence-electron chi connectivity index (χ4n) is 1.95. The standard InChI is InChI=1S/C11H12N6O3/c18-8-4-3-7(15-16-8)13-10(19)9-14-11(20-17-9)6-2-1-5-12-6/h3-4,6,12H,1-2,5H2,(H,16,18)(H,13,15,19). The fraction of sp³-hybridized carbons (Fsp3) is 0.364. The average molecular weight is 276 g/mol. The van der Waals surface area contributed by atoms with E-state index in [0.717, 1.165) is 19.4 Å². The Bertz CT molecular complexity index is 652. The number of carbonyl (C=O) groups excluding carboxylic acids is 1. The molecule has 104 valence electrons. The summed E-state index contributed by atoms with van der Waals surface area (Å²) in [5, 5.41) is 15.2. The average Bonchev–Trinajstić information content (AvgIpc) is 3.11. The van der Waals surface area contributed by atoms with Crippen LogP contribution in [0.5, 0.6) is 0 Å². The third kappa shape index (κ3) is 2.57. The topological polar surface area (TPSA) is 126 Å². The van der Waals surface area contributed by atoms with Crippen LogP contribution in [0.3, 0.4) is 0 Å². The van der Waals surface area contributed by atoms with Crippen molar-refractivity contribution in [2.45, 2.75) is 18.9 Å². The minimum Gasteiger partial charge on any atom is -0.337 e. The first-order chi connectivity index (χ1) is 9.72. The summed E-state index contributed by atoms with van der Waals surface area (Å²) < 4.78 is 5.06. The molecular formula is C11H12N6O3. The van der Waals surface area contributed by atoms with Gasteiger partial charge in [0.1, 0.15) is 0 Å². The molecule has 3 rings (SSSR count). The van der Waals surface area contributed by atoms with Gasteiger partial charge in [-0.1, -0.05) is 5.16 Å². The van der Waals surface area contributed by atoms with Gasteiger partial charge in [-0.25, -0.2) is 5.10 Å². The van der Waals surface area contributed by atoms with E-state index in [0.29, 0.717) is 5.89 Å². The number of aromatic nitrogens is 4. The van der Waals surface area contributed by atoms with E-state index in [1.165, 1.54) is 12.1 Å². The van der Waals surface area contributed by atoms with Crippen LogP contribution in [0.4, 0.5) is 5.82 Å². The van der Waals surface area contributed by atoms with Gasteiger partial charge in [-0.2, -0.15) is 10.1 Å². The lowest BCUT2D eigenvalue weighted by molar-refractivity contribution is 0.101. The van der Waals surface area contributed by atoms with Gasteiger partial charge < -0.3 is 15.2 Å². The Morgan fingerprint density at radius 2 is 2.35 bits per heavy atom. The van der Waals surface area contributed by atoms with Gasteiger partial charge in [-0.3, -0.25) is 9.59 Å². The molecule has 0 bridgehead atoms. The molecule has 1 aliphatic heterocycles. The van der Waals surface area contributed by atoms with Gasteiger partial charge in [0.05, 0.1) is 6.04 Å². The normalized spacial score (nSPS) is 18.1. The fourth-order valence-corrected chi connectivity index (χ4v) is 1.95. The van der Waals surface area contributed by atoms with E-state index in [2.05, 4.69) is 31.0 Å². The van der Waals surface area contributed by atoms with E-state index in [4.69, 9.17) is 4.52 Å². The van der Waals surface area contributed by atoms with Crippen LogP contribution < -0.4 is 16.2 Å². The van der Waals surface area contributed by atoms with Gasteiger partial charge in [-0.05, 0) is 25.5 Å². The number of hydrogen-bond donors (Lipinski definition) is 3. The number of anilines is 1. The minimum atomic E-state index is -0.544. The molecule has 0 aromatic carbocycles. The molecule has 0 saturated carbocycles. The van der Waals surface area contributed by atoms with Crippen molar-refractivity contribution >= 4 is 11.7 Å². The molecule has 2 aromatic heterocycles. The predicted molar refractivity (Wildman–Crippen MR) is 67.1 cm³/mol. The molecule has 0 aliphatic carbocycles. The summed E-state index contributed by atoms with van der Waals surface area (Å²) in [6, 6.07) is 2.65. The van der Waals surface area contributed by atoms with Gasteiger partial charge in [0.15, 0.2) is 5.82 Å². The minimum absolute atomic E-state index is 0.00950. The van der Waals surface area contributed by atoms with E-state index >= 15 is 0 Å². The highest BCUT2D eigenvalue weighted by Gasteiger charge is 2.24. The molecule has 1 unspecified atom stereocenters. The van der Waals surface area contributed by atoms with Crippen LogP contribution in [-0.2, 0) is 0 Å². The number of nitrogens with zero attached hydrogens (tertiary/aromatic N) is 3. The van der Waals surface area contributed by atoms with E-state index in [1.807, 2.05) is 0 Å². The molecule has 1 atom stereocenters. The number of carbonyl (C=O) groups is 1. The van der Waals surface area contributed by atoms with Gasteiger partial charge in [-0.15, -0.1) is 0 Å². The highest BCUT2D eigenvalue weighted by Crippen LogP contribution is 2.21. The zero-order valence-electron chi connectivity index (χ0n) is 10.4. The molecule has 3 N–H and O–H groups in total. The predicted octanol–water partition coefficient (Wildman–Crippen LogP) is -0.170. The van der Waals surface area contributed by atoms with Crippen LogP contribution in [0.15, 0.2) is 21.5 Å². The van der Waals surface area contributed by atoms with Crippen molar-refractivity contribution in [2.75, 3.05) is 11.9 Å². The zero-order valence-corrected chi connectivity index (χ0v) is 10.4. The number of aromatic amines is 1. The van der Waals surface area contributed by atoms with Gasteiger partial charge in [0, 0.05) is 6.07 Å². The Balaban J connectivity index is 1.70. The summed E-state index contributed by atoms with van der Waals surface area (Å²) in [5.74, 6) is 0.00117. The molecule has 3 heterocycles. The summed E-state index contributed by atoms with van der Waals surface area (Å²) in [6.07, 6.45) is 1.95. The van der Waals surface area contributed by atoms with Crippen LogP contribution in [-0.4, -0.2) is 32.8 Å². The molecule has 9 nitrogen and oxygen atoms in total. The summed E-state index contributed by atoms with van der Waals surface area (Å²) in [4.78, 5) is 26.8. The second-order valence-electron chi connectivity index (χ2n) is 4.37. The molecule has 20 heavy (non-hydrogen) atoms. The van der Waals surface area contributed by atoms with Crippen LogP contribution in [0, 0.1) is 0 Å². The number of H-pyrrole nitrogens is 1. The number of hydrogen-bond acceptors (Lipinski definition) is 7. The lowest BCUT2D eigenvalue weighted by atomic mass is 10.2. The molecule has 9 heteroatoms. The number of rotatable bonds is 3. The number of nitrogens with one attached hydrogen (secondary N) is 3. The van der Waals surface area contributed by atoms with Crippen LogP contribution in [0.2, 0.25) is 0 Å². The maximum absolute atomic E-state index is 11.9. The molecule has 1 saturated heterocycles. The van der Waals surface area contributed by atoms with Crippen molar-refractivity contribution in [1.82, 2.24) is 25.7 Å². The summed E-state index contributed by atoms with van der Waals surface area (Å²) in [5.41, 5.74) is -0.350. The zero-order chi connectivity index (χ0) is 13.9. The Labute approximate surface area is 112 Å². The maximum atomic E-state index is 11.9. The second kappa shape index (κ2) is 5.21. The molecule has 1 aliphatic rings. The van der Waals surface area contributed by atoms with Gasteiger partial charge >= 0.3 is 0 Å². The third-order valence-corrected chi connectivity index (χ3v) is 2.92. The van der Waals surface area contributed by atoms with Crippen molar-refractivity contribution in [3.63, 3.8) is 0 Å². The van der Waals surface area contributed by atoms with Crippen molar-refractivity contribution in [3.05, 3.63) is 34.2 Å². The van der Waals surface area contributed by atoms with Crippen molar-refractivity contribution in [2.24, 2.45) is 0 Å². The molecule has 2 aromatic rings. The second-order valence-corrected chi connectivity index (χ2v) is 4.37. The van der Waals surface area contributed by atoms with Crippen molar-refractivity contribution in [1.29, 1.82) is 0 Å². The lowest BCUT2D eigenvalue weighted by Crippen LogP contribution is -2.17.